The van der Waals surface area contributed by atoms with Crippen LogP contribution in [-0.2, 0) is 42.4 Å². The highest BCUT2D eigenvalue weighted by molar-refractivity contribution is 6.04. The second-order valence-electron chi connectivity index (χ2n) is 31.5. The highest BCUT2D eigenvalue weighted by Crippen LogP contribution is 2.84. The number of rotatable bonds is 15. The molecule has 14 rings (SSSR count). The number of ketones is 2. The Labute approximate surface area is 505 Å². The van der Waals surface area contributed by atoms with Crippen molar-refractivity contribution in [1.82, 2.24) is 19.9 Å². The number of aliphatic hydroxyl groups excluding tert-OH is 2. The van der Waals surface area contributed by atoms with Crippen LogP contribution in [0.2, 0.25) is 0 Å². The quantitative estimate of drug-likeness (QED) is 0.0383. The standard InChI is InChI=1S/C73H100N4O8/c1-10-11-13-18-52-62(81)57-55-50(61(80)63-69(6,70(52,55)7)24-21-54-68(5,26-30-74-9)64(82)56-48-22-29-75-58(48)43-20-25-72(56,36-43)71(54,63)8)40-77-39-49(59-60(77)44(38-76-59)19-23-67(57,4)37-53(79)65-66(2,3)85-65)51(41-78)46-33-45(42-16-14-12-15-17-42)34-47(35-46)73(83)27-31-84-32-28-73/h22,29,33-35,38-39,41-43,50-54,56,61,63,65,74-76,79-80,83H,10-21,23-28,30-32,36-37,40H2,1-9H3/t43-,50+,51-,52-,53-,54+,56+,61-,63+,65-,67+,68+,69+,70+,71-,72-/m1/s1. The highest BCUT2D eigenvalue weighted by Gasteiger charge is 2.81. The fourth-order valence-corrected chi connectivity index (χ4v) is 22.9. The number of ether oxygens (including phenoxy) is 2. The average molecular weight is 1160 g/mol. The van der Waals surface area contributed by atoms with Gasteiger partial charge in [-0.2, -0.15) is 0 Å². The molecule has 4 aromatic rings. The number of hydrogen-bond acceptors (Lipinski definition) is 9. The first-order chi connectivity index (χ1) is 40.6. The van der Waals surface area contributed by atoms with Gasteiger partial charge >= 0.3 is 0 Å². The molecule has 0 amide bonds. The van der Waals surface area contributed by atoms with Crippen LogP contribution in [0.1, 0.15) is 240 Å². The van der Waals surface area contributed by atoms with Crippen LogP contribution in [0.5, 0.6) is 0 Å². The molecule has 0 radical (unpaired) electrons. The van der Waals surface area contributed by atoms with Crippen LogP contribution >= 0.6 is 0 Å². The zero-order valence-electron chi connectivity index (χ0n) is 52.8. The van der Waals surface area contributed by atoms with E-state index in [1.165, 1.54) is 23.2 Å². The lowest BCUT2D eigenvalue weighted by molar-refractivity contribution is -0.271. The van der Waals surface area contributed by atoms with E-state index in [4.69, 9.17) is 9.47 Å². The maximum absolute atomic E-state index is 16.9. The molecule has 6 heterocycles. The van der Waals surface area contributed by atoms with Crippen molar-refractivity contribution in [2.75, 3.05) is 26.8 Å². The van der Waals surface area contributed by atoms with Crippen LogP contribution in [-0.4, -0.2) is 98.4 Å². The number of epoxide rings is 1. The number of aliphatic hydroxyl groups is 3. The molecule has 2 saturated heterocycles. The smallest absolute Gasteiger partial charge is 0.163 e. The minimum Gasteiger partial charge on any atom is -0.392 e. The number of carbonyl (C=O) groups excluding carboxylic acids is 3. The summed E-state index contributed by atoms with van der Waals surface area (Å²) in [4.78, 5) is 54.8. The van der Waals surface area contributed by atoms with E-state index in [0.29, 0.717) is 82.4 Å². The topological polar surface area (TPSA) is 182 Å². The van der Waals surface area contributed by atoms with Gasteiger partial charge in [-0.15, -0.1) is 0 Å². The molecule has 16 atom stereocenters. The summed E-state index contributed by atoms with van der Waals surface area (Å²) in [6, 6.07) is 8.83. The van der Waals surface area contributed by atoms with Crippen LogP contribution < -0.4 is 5.32 Å². The van der Waals surface area contributed by atoms with Gasteiger partial charge in [0, 0.05) is 90.7 Å². The average Bonchev–Trinajstić information content (AvgIpc) is 1.64. The molecule has 460 valence electrons. The zero-order valence-corrected chi connectivity index (χ0v) is 52.8. The fourth-order valence-electron chi connectivity index (χ4n) is 22.9. The number of unbranched alkanes of at least 4 members (excludes halogenated alkanes) is 2. The molecule has 1 aromatic carbocycles. The monoisotopic (exact) mass is 1160 g/mol. The van der Waals surface area contributed by atoms with Crippen molar-refractivity contribution < 1.29 is 39.2 Å². The minimum atomic E-state index is -1.06. The number of hydrogen-bond donors (Lipinski definition) is 6. The lowest BCUT2D eigenvalue weighted by Crippen LogP contribution is -2.74. The summed E-state index contributed by atoms with van der Waals surface area (Å²) in [5.74, 6) is -0.850. The Bertz CT molecular complexity index is 3330. The minimum absolute atomic E-state index is 0.00173. The van der Waals surface area contributed by atoms with E-state index in [1.54, 1.807) is 0 Å². The Morgan fingerprint density at radius 3 is 2.40 bits per heavy atom. The van der Waals surface area contributed by atoms with Crippen molar-refractivity contribution in [3.05, 3.63) is 93.1 Å². The third-order valence-corrected chi connectivity index (χ3v) is 27.3. The molecule has 7 fully saturated rings. The lowest BCUT2D eigenvalue weighted by Gasteiger charge is -2.76. The summed E-state index contributed by atoms with van der Waals surface area (Å²) in [7, 11) is 2.00. The number of carbonyl (C=O) groups is 3. The molecule has 12 heteroatoms. The van der Waals surface area contributed by atoms with Gasteiger partial charge in [-0.25, -0.2) is 0 Å². The van der Waals surface area contributed by atoms with E-state index < -0.39 is 67.7 Å². The Balaban J connectivity index is 0.990. The van der Waals surface area contributed by atoms with Gasteiger partial charge in [0.1, 0.15) is 18.2 Å². The molecule has 6 N–H and O–H groups in total. The number of nitrogens with zero attached hydrogens (tertiary/aromatic N) is 1. The van der Waals surface area contributed by atoms with Crippen molar-refractivity contribution >= 4 is 28.9 Å². The van der Waals surface area contributed by atoms with Crippen molar-refractivity contribution in [3.8, 4) is 0 Å². The third kappa shape index (κ3) is 8.13. The third-order valence-electron chi connectivity index (χ3n) is 27.3. The van der Waals surface area contributed by atoms with Gasteiger partial charge in [-0.1, -0.05) is 98.3 Å². The molecule has 7 aliphatic carbocycles. The van der Waals surface area contributed by atoms with Gasteiger partial charge in [0.2, 0.25) is 0 Å². The molecule has 2 bridgehead atoms. The number of H-pyrrole nitrogens is 2. The predicted molar refractivity (Wildman–Crippen MR) is 330 cm³/mol. The summed E-state index contributed by atoms with van der Waals surface area (Å²) >= 11 is 0. The van der Waals surface area contributed by atoms with Gasteiger partial charge in [0.05, 0.1) is 46.3 Å². The maximum Gasteiger partial charge on any atom is 0.163 e. The summed E-state index contributed by atoms with van der Waals surface area (Å²) in [5.41, 5.74) is 6.07. The number of allylic oxidation sites excluding steroid dienone is 1. The van der Waals surface area contributed by atoms with Crippen molar-refractivity contribution in [2.24, 2.45) is 56.2 Å². The van der Waals surface area contributed by atoms with Crippen LogP contribution in [0.25, 0.3) is 11.0 Å². The largest absolute Gasteiger partial charge is 0.392 e. The molecule has 5 saturated carbocycles. The molecule has 10 aliphatic rings. The van der Waals surface area contributed by atoms with Crippen molar-refractivity contribution in [1.29, 1.82) is 0 Å². The number of benzene rings is 1. The van der Waals surface area contributed by atoms with Gasteiger partial charge in [-0.3, -0.25) is 9.59 Å². The van der Waals surface area contributed by atoms with Crippen LogP contribution in [0, 0.1) is 56.2 Å². The Morgan fingerprint density at radius 1 is 0.918 bits per heavy atom. The van der Waals surface area contributed by atoms with E-state index in [1.807, 2.05) is 20.9 Å². The zero-order chi connectivity index (χ0) is 59.6. The van der Waals surface area contributed by atoms with Gasteiger partial charge in [0.15, 0.2) is 5.78 Å². The van der Waals surface area contributed by atoms with E-state index in [0.717, 1.165) is 134 Å². The number of Topliss-reactive ketones (excluding diaryl/α,β-unsaturated/α-hetero) is 2. The second kappa shape index (κ2) is 20.4. The lowest BCUT2D eigenvalue weighted by atomic mass is 9.27. The first-order valence-corrected chi connectivity index (χ1v) is 33.9. The first kappa shape index (κ1) is 58.5. The molecule has 12 nitrogen and oxygen atoms in total. The number of aryl methyl sites for hydroxylation is 1. The first-order valence-electron chi connectivity index (χ1n) is 33.9. The van der Waals surface area contributed by atoms with E-state index in [9.17, 15) is 20.1 Å². The number of nitrogens with one attached hydrogen (secondary N) is 3. The molecular weight excluding hydrogens is 1060 g/mol. The van der Waals surface area contributed by atoms with Crippen molar-refractivity contribution in [2.45, 2.75) is 244 Å². The Morgan fingerprint density at radius 2 is 1.68 bits per heavy atom. The second-order valence-corrected chi connectivity index (χ2v) is 31.5. The van der Waals surface area contributed by atoms with Gasteiger partial charge in [-0.05, 0) is 189 Å². The predicted octanol–water partition coefficient (Wildman–Crippen LogP) is 12.9. The highest BCUT2D eigenvalue weighted by atomic mass is 16.6. The molecule has 1 spiro atoms. The number of aromatic nitrogens is 3. The maximum atomic E-state index is 16.9. The van der Waals surface area contributed by atoms with Crippen LogP contribution in [0.3, 0.4) is 0 Å². The molecular formula is C73H100N4O8. The fraction of sp³-hybridized carbons (Fsp3) is 0.712. The molecule has 0 unspecified atom stereocenters. The van der Waals surface area contributed by atoms with E-state index in [-0.39, 0.29) is 35.6 Å². The van der Waals surface area contributed by atoms with Gasteiger partial charge < -0.3 is 49.4 Å². The van der Waals surface area contributed by atoms with Gasteiger partial charge in [0.25, 0.3) is 0 Å². The summed E-state index contributed by atoms with van der Waals surface area (Å²) in [6.45, 7) is 20.5. The number of aromatic amines is 2. The number of aldehydes is 1. The Hall–Kier alpha value is -4.17. The summed E-state index contributed by atoms with van der Waals surface area (Å²) in [5, 5.41) is 43.4. The molecule has 3 aliphatic heterocycles. The Kier molecular flexibility index (Phi) is 14.1. The normalized spacial score (nSPS) is 39.6. The molecule has 3 aromatic heterocycles. The summed E-state index contributed by atoms with van der Waals surface area (Å²) < 4.78 is 14.4. The summed E-state index contributed by atoms with van der Waals surface area (Å²) in [6.07, 6.45) is 22.7. The van der Waals surface area contributed by atoms with E-state index in [2.05, 4.69) is 104 Å². The molecule has 85 heavy (non-hydrogen) atoms. The number of fused-ring (bicyclic) bond motifs is 8. The van der Waals surface area contributed by atoms with Crippen molar-refractivity contribution in [3.63, 3.8) is 0 Å². The van der Waals surface area contributed by atoms with E-state index >= 15 is 9.59 Å². The van der Waals surface area contributed by atoms with Crippen LogP contribution in [0.15, 0.2) is 54.0 Å². The SMILES string of the molecule is CCCCC[C@@H]1C(=O)C2=C3[C@H](Cn4cc([C@H](C=O)c5cc(C6CCCCC6)cc(C6(O)CCOCC6)c5)c5[nH]cc(c54)CC[C@@]2(C)C[C@@H](O)[C@H]2OC2(C)C)[C@@H](O)[C@@H]2[C@@]4(C)[C@@H](CC[C@]2(C)[C@]31C)[C@](C)(CCNC)C(=O)[C@@H]1c2cc[nH]c2[C@@H]2CC[C@@]14C2. The van der Waals surface area contributed by atoms with Crippen LogP contribution in [0.4, 0.5) is 0 Å².